The van der Waals surface area contributed by atoms with Gasteiger partial charge in [0.15, 0.2) is 0 Å². The minimum absolute atomic E-state index is 0.646. The van der Waals surface area contributed by atoms with E-state index in [9.17, 15) is 0 Å². The molecule has 1 N–H and O–H groups in total. The van der Waals surface area contributed by atoms with Crippen molar-refractivity contribution in [2.75, 3.05) is 19.5 Å². The lowest BCUT2D eigenvalue weighted by Gasteiger charge is -2.12. The van der Waals surface area contributed by atoms with Crippen LogP contribution in [0.15, 0.2) is 18.2 Å². The lowest BCUT2D eigenvalue weighted by Crippen LogP contribution is -1.98. The molecule has 0 atom stereocenters. The summed E-state index contributed by atoms with van der Waals surface area (Å²) in [5.41, 5.74) is 2.79. The number of nitrogens with one attached hydrogen (secondary N) is 1. The second-order valence-electron chi connectivity index (χ2n) is 3.74. The van der Waals surface area contributed by atoms with Crippen LogP contribution < -0.4 is 10.1 Å². The van der Waals surface area contributed by atoms with Crippen molar-refractivity contribution < 1.29 is 4.74 Å². The van der Waals surface area contributed by atoms with Crippen molar-refractivity contribution in [2.24, 2.45) is 0 Å². The maximum Gasteiger partial charge on any atom is 0.130 e. The highest BCUT2D eigenvalue weighted by Crippen LogP contribution is 2.35. The average molecular weight is 251 g/mol. The van der Waals surface area contributed by atoms with Crippen molar-refractivity contribution in [3.63, 3.8) is 0 Å². The zero-order valence-corrected chi connectivity index (χ0v) is 10.9. The molecule has 17 heavy (non-hydrogen) atoms. The van der Waals surface area contributed by atoms with Crippen molar-refractivity contribution in [3.05, 3.63) is 28.9 Å². The summed E-state index contributed by atoms with van der Waals surface area (Å²) in [6, 6.07) is 5.70. The van der Waals surface area contributed by atoms with Crippen LogP contribution in [0, 0.1) is 0 Å². The lowest BCUT2D eigenvalue weighted by atomic mass is 10.1. The molecule has 1 aromatic carbocycles. The van der Waals surface area contributed by atoms with Crippen LogP contribution in [-0.4, -0.2) is 19.1 Å². The zero-order chi connectivity index (χ0) is 12.4. The number of methoxy groups -OCH3 is 1. The Hall–Kier alpha value is -1.48. The Morgan fingerprint density at radius 1 is 1.41 bits per heavy atom. The normalized spacial score (nSPS) is 10.6. The molecule has 0 aliphatic carbocycles. The first-order chi connectivity index (χ1) is 8.21. The fourth-order valence-corrected chi connectivity index (χ4v) is 2.08. The lowest BCUT2D eigenvalue weighted by molar-refractivity contribution is 0.420. The van der Waals surface area contributed by atoms with E-state index in [1.165, 1.54) is 0 Å². The van der Waals surface area contributed by atoms with Crippen molar-refractivity contribution >= 4 is 28.2 Å². The molecular weight excluding hydrogens is 236 g/mol. The summed E-state index contributed by atoms with van der Waals surface area (Å²) in [5.74, 6) is 0.781. The third-order valence-electron chi connectivity index (χ3n) is 2.78. The fourth-order valence-electron chi connectivity index (χ4n) is 1.88. The van der Waals surface area contributed by atoms with E-state index in [1.54, 1.807) is 7.11 Å². The van der Waals surface area contributed by atoms with Gasteiger partial charge in [0, 0.05) is 18.4 Å². The van der Waals surface area contributed by atoms with E-state index in [0.29, 0.717) is 5.02 Å². The largest absolute Gasteiger partial charge is 0.496 e. The summed E-state index contributed by atoms with van der Waals surface area (Å²) in [5, 5.41) is 4.74. The molecule has 0 saturated carbocycles. The van der Waals surface area contributed by atoms with Crippen molar-refractivity contribution in [2.45, 2.75) is 13.3 Å². The van der Waals surface area contributed by atoms with E-state index in [1.807, 2.05) is 25.2 Å². The molecular formula is C13H15ClN2O. The number of nitrogens with zero attached hydrogens (tertiary/aromatic N) is 1. The minimum atomic E-state index is 0.646. The van der Waals surface area contributed by atoms with Crippen LogP contribution in [0.5, 0.6) is 5.75 Å². The molecule has 4 heteroatoms. The van der Waals surface area contributed by atoms with Gasteiger partial charge in [0.1, 0.15) is 5.75 Å². The molecule has 0 radical (unpaired) electrons. The summed E-state index contributed by atoms with van der Waals surface area (Å²) in [4.78, 5) is 4.56. The van der Waals surface area contributed by atoms with Crippen molar-refractivity contribution in [3.8, 4) is 5.75 Å². The molecule has 2 rings (SSSR count). The number of pyridine rings is 1. The molecule has 0 bridgehead atoms. The number of hydrogen-bond donors (Lipinski definition) is 1. The first-order valence-corrected chi connectivity index (χ1v) is 5.93. The van der Waals surface area contributed by atoms with E-state index < -0.39 is 0 Å². The number of ether oxygens (including phenoxy) is 1. The Bertz CT molecular complexity index is 555. The summed E-state index contributed by atoms with van der Waals surface area (Å²) < 4.78 is 5.36. The number of anilines is 1. The van der Waals surface area contributed by atoms with Crippen molar-refractivity contribution in [1.82, 2.24) is 4.98 Å². The number of rotatable bonds is 3. The molecule has 0 aliphatic heterocycles. The fraction of sp³-hybridized carbons (Fsp3) is 0.308. The monoisotopic (exact) mass is 250 g/mol. The number of hydrogen-bond acceptors (Lipinski definition) is 3. The van der Waals surface area contributed by atoms with Gasteiger partial charge in [-0.3, -0.25) is 4.98 Å². The van der Waals surface area contributed by atoms with Crippen LogP contribution in [0.3, 0.4) is 0 Å². The Morgan fingerprint density at radius 2 is 2.18 bits per heavy atom. The molecule has 0 fully saturated rings. The molecule has 3 nitrogen and oxygen atoms in total. The predicted octanol–water partition coefficient (Wildman–Crippen LogP) is 3.50. The van der Waals surface area contributed by atoms with Gasteiger partial charge < -0.3 is 10.1 Å². The molecule has 0 spiro atoms. The first kappa shape index (κ1) is 12.0. The second kappa shape index (κ2) is 4.80. The molecule has 1 heterocycles. The van der Waals surface area contributed by atoms with E-state index in [2.05, 4.69) is 17.2 Å². The highest BCUT2D eigenvalue weighted by Gasteiger charge is 2.12. The number of aromatic nitrogens is 1. The van der Waals surface area contributed by atoms with Gasteiger partial charge in [0.05, 0.1) is 23.0 Å². The number of halogens is 1. The summed E-state index contributed by atoms with van der Waals surface area (Å²) in [7, 11) is 3.53. The third-order valence-corrected chi connectivity index (χ3v) is 3.08. The summed E-state index contributed by atoms with van der Waals surface area (Å²) in [6.45, 7) is 2.07. The van der Waals surface area contributed by atoms with Gasteiger partial charge in [0.2, 0.25) is 0 Å². The Balaban J connectivity index is 2.86. The van der Waals surface area contributed by atoms with Crippen molar-refractivity contribution in [1.29, 1.82) is 0 Å². The van der Waals surface area contributed by atoms with Crippen LogP contribution in [0.2, 0.25) is 5.02 Å². The SMILES string of the molecule is CCc1cc(NC)c2c(OC)ccc(Cl)c2n1. The van der Waals surface area contributed by atoms with Crippen LogP contribution >= 0.6 is 11.6 Å². The van der Waals surface area contributed by atoms with Gasteiger partial charge in [0.25, 0.3) is 0 Å². The smallest absolute Gasteiger partial charge is 0.130 e. The van der Waals surface area contributed by atoms with E-state index >= 15 is 0 Å². The van der Waals surface area contributed by atoms with Gasteiger partial charge in [-0.2, -0.15) is 0 Å². The standard InChI is InChI=1S/C13H15ClN2O/c1-4-8-7-10(15-2)12-11(17-3)6-5-9(14)13(12)16-8/h5-7H,4H2,1-3H3,(H,15,16). The highest BCUT2D eigenvalue weighted by molar-refractivity contribution is 6.35. The summed E-state index contributed by atoms with van der Waals surface area (Å²) >= 11 is 6.20. The van der Waals surface area contributed by atoms with Gasteiger partial charge >= 0.3 is 0 Å². The van der Waals surface area contributed by atoms with Crippen LogP contribution in [0.1, 0.15) is 12.6 Å². The maximum atomic E-state index is 6.20. The van der Waals surface area contributed by atoms with E-state index in [0.717, 1.165) is 34.5 Å². The number of fused-ring (bicyclic) bond motifs is 1. The van der Waals surface area contributed by atoms with Gasteiger partial charge in [-0.1, -0.05) is 18.5 Å². The Labute approximate surface area is 106 Å². The van der Waals surface area contributed by atoms with E-state index in [-0.39, 0.29) is 0 Å². The first-order valence-electron chi connectivity index (χ1n) is 5.55. The average Bonchev–Trinajstić information content (AvgIpc) is 2.38. The molecule has 0 unspecified atom stereocenters. The Kier molecular flexibility index (Phi) is 3.38. The van der Waals surface area contributed by atoms with Crippen LogP contribution in [0.25, 0.3) is 10.9 Å². The van der Waals surface area contributed by atoms with Gasteiger partial charge in [-0.05, 0) is 24.6 Å². The second-order valence-corrected chi connectivity index (χ2v) is 4.15. The van der Waals surface area contributed by atoms with Crippen LogP contribution in [-0.2, 0) is 6.42 Å². The topological polar surface area (TPSA) is 34.1 Å². The van der Waals surface area contributed by atoms with E-state index in [4.69, 9.17) is 16.3 Å². The molecule has 90 valence electrons. The molecule has 1 aromatic heterocycles. The molecule has 0 amide bonds. The minimum Gasteiger partial charge on any atom is -0.496 e. The third kappa shape index (κ3) is 2.03. The molecule has 0 saturated heterocycles. The molecule has 2 aromatic rings. The Morgan fingerprint density at radius 3 is 2.76 bits per heavy atom. The van der Waals surface area contributed by atoms with Gasteiger partial charge in [-0.15, -0.1) is 0 Å². The quantitative estimate of drug-likeness (QED) is 0.905. The number of benzene rings is 1. The zero-order valence-electron chi connectivity index (χ0n) is 10.2. The predicted molar refractivity (Wildman–Crippen MR) is 72.2 cm³/mol. The number of aryl methyl sites for hydroxylation is 1. The highest BCUT2D eigenvalue weighted by atomic mass is 35.5. The van der Waals surface area contributed by atoms with Crippen LogP contribution in [0.4, 0.5) is 5.69 Å². The maximum absolute atomic E-state index is 6.20. The van der Waals surface area contributed by atoms with Gasteiger partial charge in [-0.25, -0.2) is 0 Å². The summed E-state index contributed by atoms with van der Waals surface area (Å²) in [6.07, 6.45) is 0.873. The molecule has 0 aliphatic rings.